The highest BCUT2D eigenvalue weighted by molar-refractivity contribution is 5.96. The molecule has 5 heteroatoms. The number of amidine groups is 1. The molecule has 2 unspecified atom stereocenters. The molecule has 4 nitrogen and oxygen atoms in total. The van der Waals surface area contributed by atoms with Crippen molar-refractivity contribution in [2.24, 2.45) is 5.92 Å². The SMILES string of the molecule is CCCC1C=CC=c2c(ccn2Cc2ccc(C(=N)NC3CCNC3)cc2F)=C1. The molecule has 3 N–H and O–H groups in total. The van der Waals surface area contributed by atoms with Crippen molar-refractivity contribution in [1.29, 1.82) is 5.41 Å². The molecule has 0 saturated carbocycles. The largest absolute Gasteiger partial charge is 0.366 e. The van der Waals surface area contributed by atoms with Crippen LogP contribution in [0, 0.1) is 17.1 Å². The summed E-state index contributed by atoms with van der Waals surface area (Å²) in [7, 11) is 0. The fraction of sp³-hybridized carbons (Fsp3) is 0.375. The first kappa shape index (κ1) is 19.6. The second-order valence-corrected chi connectivity index (χ2v) is 7.97. The summed E-state index contributed by atoms with van der Waals surface area (Å²) in [5, 5.41) is 17.0. The Hall–Kier alpha value is -2.66. The average Bonchev–Trinajstić information content (AvgIpc) is 3.29. The molecule has 1 fully saturated rings. The van der Waals surface area contributed by atoms with Gasteiger partial charge in [0.1, 0.15) is 11.7 Å². The van der Waals surface area contributed by atoms with E-state index in [0.717, 1.165) is 37.7 Å². The van der Waals surface area contributed by atoms with Gasteiger partial charge in [0.2, 0.25) is 0 Å². The molecule has 1 aliphatic heterocycles. The summed E-state index contributed by atoms with van der Waals surface area (Å²) < 4.78 is 16.9. The number of benzene rings is 1. The third-order valence-electron chi connectivity index (χ3n) is 5.76. The highest BCUT2D eigenvalue weighted by Gasteiger charge is 2.16. The summed E-state index contributed by atoms with van der Waals surface area (Å²) in [5.74, 6) is 0.477. The van der Waals surface area contributed by atoms with Crippen molar-refractivity contribution in [1.82, 2.24) is 15.2 Å². The van der Waals surface area contributed by atoms with Gasteiger partial charge in [-0.25, -0.2) is 4.39 Å². The van der Waals surface area contributed by atoms with Gasteiger partial charge in [0.25, 0.3) is 0 Å². The van der Waals surface area contributed by atoms with Crippen LogP contribution < -0.4 is 21.2 Å². The molecule has 0 amide bonds. The standard InChI is InChI=1S/C24H29FN4/c1-2-4-17-5-3-6-23-18(13-17)10-12-29(23)16-20-8-7-19(14-22(20)25)24(26)28-21-9-11-27-15-21/h3,5-8,10,12-14,17,21,27H,2,4,9,11,15-16H2,1H3,(H2,26,28). The van der Waals surface area contributed by atoms with Crippen LogP contribution in [-0.4, -0.2) is 29.5 Å². The molecule has 2 aromatic rings. The number of hydrogen-bond acceptors (Lipinski definition) is 2. The van der Waals surface area contributed by atoms with E-state index in [9.17, 15) is 4.39 Å². The van der Waals surface area contributed by atoms with Crippen molar-refractivity contribution in [2.45, 2.75) is 38.8 Å². The first-order valence-electron chi connectivity index (χ1n) is 10.5. The Bertz CT molecular complexity index is 1030. The minimum Gasteiger partial charge on any atom is -0.366 e. The maximum atomic E-state index is 14.8. The van der Waals surface area contributed by atoms with Crippen molar-refractivity contribution in [2.75, 3.05) is 13.1 Å². The Morgan fingerprint density at radius 3 is 3.00 bits per heavy atom. The topological polar surface area (TPSA) is 52.8 Å². The van der Waals surface area contributed by atoms with Crippen LogP contribution in [0.5, 0.6) is 0 Å². The number of rotatable bonds is 6. The summed E-state index contributed by atoms with van der Waals surface area (Å²) >= 11 is 0. The van der Waals surface area contributed by atoms with Crippen molar-refractivity contribution < 1.29 is 4.39 Å². The van der Waals surface area contributed by atoms with Gasteiger partial charge in [0.15, 0.2) is 0 Å². The van der Waals surface area contributed by atoms with Crippen LogP contribution in [0.3, 0.4) is 0 Å². The van der Waals surface area contributed by atoms with Crippen molar-refractivity contribution in [3.8, 4) is 0 Å². The molecule has 1 aromatic carbocycles. The molecule has 1 aliphatic carbocycles. The van der Waals surface area contributed by atoms with Gasteiger partial charge in [-0.05, 0) is 48.7 Å². The maximum absolute atomic E-state index is 14.8. The molecule has 2 heterocycles. The average molecular weight is 393 g/mol. The van der Waals surface area contributed by atoms with E-state index in [4.69, 9.17) is 5.41 Å². The number of aromatic nitrogens is 1. The molecule has 152 valence electrons. The molecule has 2 aliphatic rings. The summed E-state index contributed by atoms with van der Waals surface area (Å²) in [6.07, 6.45) is 14.1. The molecule has 1 saturated heterocycles. The third-order valence-corrected chi connectivity index (χ3v) is 5.76. The molecule has 0 bridgehead atoms. The van der Waals surface area contributed by atoms with Gasteiger partial charge in [-0.1, -0.05) is 43.7 Å². The van der Waals surface area contributed by atoms with E-state index in [-0.39, 0.29) is 17.7 Å². The van der Waals surface area contributed by atoms with Gasteiger partial charge in [0.05, 0.1) is 6.54 Å². The van der Waals surface area contributed by atoms with E-state index in [1.54, 1.807) is 6.07 Å². The van der Waals surface area contributed by atoms with Gasteiger partial charge in [-0.3, -0.25) is 5.41 Å². The van der Waals surface area contributed by atoms with Crippen LogP contribution in [0.25, 0.3) is 12.2 Å². The van der Waals surface area contributed by atoms with E-state index < -0.39 is 0 Å². The number of nitrogens with one attached hydrogen (secondary N) is 3. The summed E-state index contributed by atoms with van der Waals surface area (Å²) in [6, 6.07) is 7.48. The zero-order valence-corrected chi connectivity index (χ0v) is 16.9. The molecular weight excluding hydrogens is 363 g/mol. The van der Waals surface area contributed by atoms with E-state index in [1.165, 1.54) is 11.3 Å². The summed E-state index contributed by atoms with van der Waals surface area (Å²) in [5.41, 5.74) is 1.23. The fourth-order valence-electron chi connectivity index (χ4n) is 4.14. The van der Waals surface area contributed by atoms with Crippen molar-refractivity contribution >= 4 is 18.0 Å². The Morgan fingerprint density at radius 2 is 2.24 bits per heavy atom. The highest BCUT2D eigenvalue weighted by Crippen LogP contribution is 2.14. The molecular formula is C24H29FN4. The minimum atomic E-state index is -0.266. The summed E-state index contributed by atoms with van der Waals surface area (Å²) in [4.78, 5) is 0. The Kier molecular flexibility index (Phi) is 5.95. The lowest BCUT2D eigenvalue weighted by Crippen LogP contribution is -2.36. The predicted octanol–water partition coefficient (Wildman–Crippen LogP) is 2.50. The first-order chi connectivity index (χ1) is 14.1. The van der Waals surface area contributed by atoms with E-state index >= 15 is 0 Å². The number of halogens is 1. The second-order valence-electron chi connectivity index (χ2n) is 7.97. The van der Waals surface area contributed by atoms with Crippen molar-refractivity contribution in [3.63, 3.8) is 0 Å². The van der Waals surface area contributed by atoms with E-state index in [2.05, 4.69) is 52.5 Å². The van der Waals surface area contributed by atoms with E-state index in [1.807, 2.05) is 12.3 Å². The smallest absolute Gasteiger partial charge is 0.128 e. The van der Waals surface area contributed by atoms with Crippen LogP contribution in [-0.2, 0) is 6.54 Å². The van der Waals surface area contributed by atoms with Gasteiger partial charge < -0.3 is 15.2 Å². The fourth-order valence-corrected chi connectivity index (χ4v) is 4.14. The Morgan fingerprint density at radius 1 is 1.34 bits per heavy atom. The zero-order valence-electron chi connectivity index (χ0n) is 16.9. The lowest BCUT2D eigenvalue weighted by molar-refractivity contribution is 0.597. The third kappa shape index (κ3) is 4.51. The van der Waals surface area contributed by atoms with Crippen LogP contribution in [0.4, 0.5) is 4.39 Å². The van der Waals surface area contributed by atoms with Crippen LogP contribution >= 0.6 is 0 Å². The minimum absolute atomic E-state index is 0.247. The zero-order chi connectivity index (χ0) is 20.2. The molecule has 4 rings (SSSR count). The monoisotopic (exact) mass is 392 g/mol. The molecule has 0 spiro atoms. The van der Waals surface area contributed by atoms with Crippen LogP contribution in [0.1, 0.15) is 37.3 Å². The molecule has 1 aromatic heterocycles. The van der Waals surface area contributed by atoms with Crippen LogP contribution in [0.15, 0.2) is 42.6 Å². The first-order valence-corrected chi connectivity index (χ1v) is 10.5. The Balaban J connectivity index is 1.52. The summed E-state index contributed by atoms with van der Waals surface area (Å²) in [6.45, 7) is 4.49. The van der Waals surface area contributed by atoms with Gasteiger partial charge in [0, 0.05) is 35.3 Å². The predicted molar refractivity (Wildman–Crippen MR) is 117 cm³/mol. The van der Waals surface area contributed by atoms with Crippen LogP contribution in [0.2, 0.25) is 0 Å². The van der Waals surface area contributed by atoms with Crippen molar-refractivity contribution in [3.05, 3.63) is 70.1 Å². The second kappa shape index (κ2) is 8.78. The van der Waals surface area contributed by atoms with Gasteiger partial charge in [-0.15, -0.1) is 0 Å². The number of hydrogen-bond donors (Lipinski definition) is 3. The lowest BCUT2D eigenvalue weighted by Gasteiger charge is -2.14. The lowest BCUT2D eigenvalue weighted by atomic mass is 10.0. The molecule has 0 radical (unpaired) electrons. The number of allylic oxidation sites excluding steroid dienone is 2. The quantitative estimate of drug-likeness (QED) is 0.523. The molecule has 2 atom stereocenters. The Labute approximate surface area is 171 Å². The highest BCUT2D eigenvalue weighted by atomic mass is 19.1. The van der Waals surface area contributed by atoms with Gasteiger partial charge in [-0.2, -0.15) is 0 Å². The number of nitrogens with zero attached hydrogens (tertiary/aromatic N) is 1. The van der Waals surface area contributed by atoms with Gasteiger partial charge >= 0.3 is 0 Å². The number of fused-ring (bicyclic) bond motifs is 1. The molecule has 29 heavy (non-hydrogen) atoms. The normalized spacial score (nSPS) is 20.5. The maximum Gasteiger partial charge on any atom is 0.128 e. The van der Waals surface area contributed by atoms with E-state index in [0.29, 0.717) is 23.6 Å².